The minimum atomic E-state index is -0.390. The fraction of sp³-hybridized carbons (Fsp3) is 0.320. The summed E-state index contributed by atoms with van der Waals surface area (Å²) in [5, 5.41) is 21.2. The highest BCUT2D eigenvalue weighted by molar-refractivity contribution is 7.99. The van der Waals surface area contributed by atoms with E-state index in [1.54, 1.807) is 16.8 Å². The minimum absolute atomic E-state index is 0.390. The Labute approximate surface area is 208 Å². The number of aldehydes is 1. The number of hydrogen-bond acceptors (Lipinski definition) is 7. The SMILES string of the molecule is CC=O.CN1CCCCC1.Cc1[nH]ncc1-c1cc(Sc2ccc(F)cn2)c2c(C#N)cnn2c1. The van der Waals surface area contributed by atoms with Crippen molar-refractivity contribution in [2.45, 2.75) is 43.0 Å². The van der Waals surface area contributed by atoms with Crippen LogP contribution >= 0.6 is 11.8 Å². The first-order chi connectivity index (χ1) is 17.0. The van der Waals surface area contributed by atoms with Gasteiger partial charge in [0.15, 0.2) is 0 Å². The number of nitrogens with one attached hydrogen (secondary N) is 1. The molecule has 0 saturated carbocycles. The maximum atomic E-state index is 13.1. The zero-order valence-corrected chi connectivity index (χ0v) is 20.8. The van der Waals surface area contributed by atoms with Crippen molar-refractivity contribution in [1.82, 2.24) is 29.7 Å². The average molecular weight is 494 g/mol. The first-order valence-corrected chi connectivity index (χ1v) is 12.1. The molecule has 1 saturated heterocycles. The molecule has 35 heavy (non-hydrogen) atoms. The van der Waals surface area contributed by atoms with Crippen LogP contribution in [0.2, 0.25) is 0 Å². The van der Waals surface area contributed by atoms with Crippen LogP contribution in [0.25, 0.3) is 16.6 Å². The van der Waals surface area contributed by atoms with Crippen LogP contribution < -0.4 is 0 Å². The smallest absolute Gasteiger partial charge is 0.141 e. The minimum Gasteiger partial charge on any atom is -0.306 e. The van der Waals surface area contributed by atoms with E-state index >= 15 is 0 Å². The van der Waals surface area contributed by atoms with Crippen molar-refractivity contribution in [1.29, 1.82) is 5.26 Å². The van der Waals surface area contributed by atoms with Crippen LogP contribution in [0.15, 0.2) is 52.9 Å². The number of pyridine rings is 2. The fourth-order valence-electron chi connectivity index (χ4n) is 3.62. The number of likely N-dealkylation sites (tertiary alicyclic amines) is 1. The molecular weight excluding hydrogens is 465 g/mol. The molecule has 0 bridgehead atoms. The third-order valence-electron chi connectivity index (χ3n) is 5.33. The lowest BCUT2D eigenvalue weighted by molar-refractivity contribution is -0.106. The van der Waals surface area contributed by atoms with Gasteiger partial charge in [-0.1, -0.05) is 18.2 Å². The Hall–Kier alpha value is -3.55. The largest absolute Gasteiger partial charge is 0.306 e. The van der Waals surface area contributed by atoms with E-state index in [-0.39, 0.29) is 5.82 Å². The summed E-state index contributed by atoms with van der Waals surface area (Å²) in [5.41, 5.74) is 3.97. The Kier molecular flexibility index (Phi) is 9.52. The second kappa shape index (κ2) is 12.8. The number of hydrogen-bond donors (Lipinski definition) is 1. The van der Waals surface area contributed by atoms with E-state index in [2.05, 4.69) is 38.3 Å². The second-order valence-corrected chi connectivity index (χ2v) is 9.04. The number of carbonyl (C=O) groups excluding carboxylic acids is 1. The Morgan fingerprint density at radius 2 is 1.94 bits per heavy atom. The van der Waals surface area contributed by atoms with Gasteiger partial charge in [-0.25, -0.2) is 13.9 Å². The highest BCUT2D eigenvalue weighted by Gasteiger charge is 2.15. The van der Waals surface area contributed by atoms with Gasteiger partial charge in [-0.05, 0) is 65.0 Å². The molecule has 0 aliphatic carbocycles. The first-order valence-electron chi connectivity index (χ1n) is 11.3. The summed E-state index contributed by atoms with van der Waals surface area (Å²) < 4.78 is 14.8. The van der Waals surface area contributed by atoms with E-state index in [0.29, 0.717) is 16.1 Å². The lowest BCUT2D eigenvalue weighted by Gasteiger charge is -2.20. The Balaban J connectivity index is 0.000000288. The highest BCUT2D eigenvalue weighted by Crippen LogP contribution is 2.35. The fourth-order valence-corrected chi connectivity index (χ4v) is 4.57. The predicted octanol–water partition coefficient (Wildman–Crippen LogP) is 4.90. The number of nitrogens with zero attached hydrogens (tertiary/aromatic N) is 6. The summed E-state index contributed by atoms with van der Waals surface area (Å²) in [4.78, 5) is 16.1. The summed E-state index contributed by atoms with van der Waals surface area (Å²) in [7, 11) is 2.19. The third kappa shape index (κ3) is 6.97. The maximum absolute atomic E-state index is 13.1. The van der Waals surface area contributed by atoms with Gasteiger partial charge in [0, 0.05) is 27.9 Å². The van der Waals surface area contributed by atoms with Crippen LogP contribution in [0.5, 0.6) is 0 Å². The molecule has 5 heterocycles. The number of aryl methyl sites for hydroxylation is 1. The van der Waals surface area contributed by atoms with Crippen molar-refractivity contribution >= 4 is 23.6 Å². The molecule has 1 N–H and O–H groups in total. The summed E-state index contributed by atoms with van der Waals surface area (Å²) in [5.74, 6) is -0.390. The number of nitriles is 1. The quantitative estimate of drug-likeness (QED) is 0.405. The monoisotopic (exact) mass is 493 g/mol. The molecule has 0 radical (unpaired) electrons. The lowest BCUT2D eigenvalue weighted by Crippen LogP contribution is -2.24. The topological polar surface area (TPSA) is 103 Å². The van der Waals surface area contributed by atoms with Gasteiger partial charge in [0.1, 0.15) is 23.2 Å². The molecule has 182 valence electrons. The van der Waals surface area contributed by atoms with E-state index in [0.717, 1.165) is 28.0 Å². The number of carbonyl (C=O) groups is 1. The third-order valence-corrected chi connectivity index (χ3v) is 6.31. The van der Waals surface area contributed by atoms with E-state index in [4.69, 9.17) is 4.79 Å². The molecule has 5 rings (SSSR count). The van der Waals surface area contributed by atoms with Gasteiger partial charge in [-0.3, -0.25) is 5.10 Å². The van der Waals surface area contributed by atoms with E-state index in [9.17, 15) is 9.65 Å². The number of aromatic amines is 1. The summed E-state index contributed by atoms with van der Waals surface area (Å²) in [6, 6.07) is 7.08. The molecule has 10 heteroatoms. The Morgan fingerprint density at radius 3 is 2.49 bits per heavy atom. The van der Waals surface area contributed by atoms with Gasteiger partial charge in [0.2, 0.25) is 0 Å². The number of rotatable bonds is 3. The highest BCUT2D eigenvalue weighted by atomic mass is 32.2. The second-order valence-electron chi connectivity index (χ2n) is 7.98. The van der Waals surface area contributed by atoms with E-state index in [1.165, 1.54) is 69.5 Å². The number of halogens is 1. The maximum Gasteiger partial charge on any atom is 0.141 e. The van der Waals surface area contributed by atoms with Gasteiger partial charge in [0.05, 0.1) is 29.7 Å². The first kappa shape index (κ1) is 26.1. The van der Waals surface area contributed by atoms with Gasteiger partial charge >= 0.3 is 0 Å². The molecule has 0 aromatic carbocycles. The van der Waals surface area contributed by atoms with Crippen molar-refractivity contribution in [3.05, 3.63) is 60.1 Å². The van der Waals surface area contributed by atoms with Crippen molar-refractivity contribution < 1.29 is 9.18 Å². The zero-order chi connectivity index (χ0) is 25.2. The van der Waals surface area contributed by atoms with Crippen molar-refractivity contribution in [3.63, 3.8) is 0 Å². The van der Waals surface area contributed by atoms with Crippen molar-refractivity contribution in [2.75, 3.05) is 20.1 Å². The molecule has 0 amide bonds. The lowest BCUT2D eigenvalue weighted by atomic mass is 10.1. The van der Waals surface area contributed by atoms with Gasteiger partial charge in [0.25, 0.3) is 0 Å². The summed E-state index contributed by atoms with van der Waals surface area (Å²) >= 11 is 1.36. The van der Waals surface area contributed by atoms with Crippen LogP contribution in [-0.2, 0) is 4.79 Å². The van der Waals surface area contributed by atoms with Crippen molar-refractivity contribution in [3.8, 4) is 17.2 Å². The van der Waals surface area contributed by atoms with Gasteiger partial charge in [-0.15, -0.1) is 0 Å². The number of aromatic nitrogens is 5. The van der Waals surface area contributed by atoms with Gasteiger partial charge < -0.3 is 9.69 Å². The Bertz CT molecular complexity index is 1290. The molecule has 0 unspecified atom stereocenters. The Morgan fingerprint density at radius 1 is 1.20 bits per heavy atom. The number of H-pyrrole nitrogens is 1. The molecule has 1 aliphatic rings. The van der Waals surface area contributed by atoms with E-state index < -0.39 is 0 Å². The van der Waals surface area contributed by atoms with Crippen LogP contribution in [0.4, 0.5) is 4.39 Å². The van der Waals surface area contributed by atoms with Crippen LogP contribution in [-0.4, -0.2) is 56.1 Å². The number of fused-ring (bicyclic) bond motifs is 1. The molecule has 1 fully saturated rings. The predicted molar refractivity (Wildman–Crippen MR) is 134 cm³/mol. The zero-order valence-electron chi connectivity index (χ0n) is 20.0. The normalized spacial score (nSPS) is 13.2. The molecule has 1 aliphatic heterocycles. The average Bonchev–Trinajstić information content (AvgIpc) is 3.48. The molecule has 0 atom stereocenters. The van der Waals surface area contributed by atoms with Crippen LogP contribution in [0.1, 0.15) is 37.4 Å². The summed E-state index contributed by atoms with van der Waals surface area (Å²) in [6.07, 6.45) is 11.3. The summed E-state index contributed by atoms with van der Waals surface area (Å²) in [6.45, 7) is 6.02. The molecular formula is C25H28FN7OS. The van der Waals surface area contributed by atoms with E-state index in [1.807, 2.05) is 19.2 Å². The molecule has 0 spiro atoms. The van der Waals surface area contributed by atoms with Crippen molar-refractivity contribution in [2.24, 2.45) is 0 Å². The molecule has 8 nitrogen and oxygen atoms in total. The van der Waals surface area contributed by atoms with Gasteiger partial charge in [-0.2, -0.15) is 15.5 Å². The molecule has 4 aromatic heterocycles. The number of piperidine rings is 1. The standard InChI is InChI=1S/C17H11FN6S.C6H13N.C2H4O/c1-10-14(8-21-23-10)11-4-15(25-16-3-2-13(18)7-20-16)17-12(5-19)6-22-24(17)9-11;1-7-5-3-2-4-6-7;1-2-3/h2-4,6-9H,1H3,(H,21,23);2-6H2,1H3;2H,1H3. The van der Waals surface area contributed by atoms with Crippen LogP contribution in [0, 0.1) is 24.1 Å². The van der Waals surface area contributed by atoms with Crippen LogP contribution in [0.3, 0.4) is 0 Å². The molecule has 4 aromatic rings.